The van der Waals surface area contributed by atoms with E-state index in [0.29, 0.717) is 6.04 Å². The van der Waals surface area contributed by atoms with Gasteiger partial charge in [-0.3, -0.25) is 4.90 Å². The highest BCUT2D eigenvalue weighted by atomic mass is 15.2. The second-order valence-corrected chi connectivity index (χ2v) is 6.27. The van der Waals surface area contributed by atoms with Gasteiger partial charge in [0.05, 0.1) is 0 Å². The van der Waals surface area contributed by atoms with Crippen molar-refractivity contribution in [2.75, 3.05) is 19.6 Å². The van der Waals surface area contributed by atoms with Crippen LogP contribution >= 0.6 is 0 Å². The van der Waals surface area contributed by atoms with E-state index in [0.717, 1.165) is 12.5 Å². The molecule has 1 aliphatic carbocycles. The average molecular weight is 270 g/mol. The summed E-state index contributed by atoms with van der Waals surface area (Å²) in [5.74, 6) is 0.864. The SMILES string of the molecule is C1=CCC(CNC2CCN(Cc3ccccc3)C2)CC1. The van der Waals surface area contributed by atoms with E-state index in [1.54, 1.807) is 0 Å². The molecule has 2 heteroatoms. The van der Waals surface area contributed by atoms with Crippen molar-refractivity contribution >= 4 is 0 Å². The van der Waals surface area contributed by atoms with Crippen molar-refractivity contribution in [2.24, 2.45) is 5.92 Å². The van der Waals surface area contributed by atoms with Crippen LogP contribution < -0.4 is 5.32 Å². The number of likely N-dealkylation sites (tertiary alicyclic amines) is 1. The van der Waals surface area contributed by atoms with E-state index in [9.17, 15) is 0 Å². The van der Waals surface area contributed by atoms with Crippen molar-refractivity contribution in [3.8, 4) is 0 Å². The first-order chi connectivity index (χ1) is 9.90. The third kappa shape index (κ3) is 3.94. The largest absolute Gasteiger partial charge is 0.312 e. The molecular weight excluding hydrogens is 244 g/mol. The quantitative estimate of drug-likeness (QED) is 0.827. The van der Waals surface area contributed by atoms with Crippen molar-refractivity contribution in [3.05, 3.63) is 48.0 Å². The second-order valence-electron chi connectivity index (χ2n) is 6.27. The van der Waals surface area contributed by atoms with Crippen molar-refractivity contribution < 1.29 is 0 Å². The van der Waals surface area contributed by atoms with Crippen LogP contribution in [-0.4, -0.2) is 30.6 Å². The van der Waals surface area contributed by atoms with E-state index in [1.165, 1.54) is 50.9 Å². The molecule has 108 valence electrons. The van der Waals surface area contributed by atoms with E-state index in [2.05, 4.69) is 52.7 Å². The van der Waals surface area contributed by atoms with Gasteiger partial charge in [-0.25, -0.2) is 0 Å². The van der Waals surface area contributed by atoms with Crippen LogP contribution in [0, 0.1) is 5.92 Å². The Balaban J connectivity index is 1.39. The summed E-state index contributed by atoms with van der Waals surface area (Å²) in [5.41, 5.74) is 1.44. The normalized spacial score (nSPS) is 27.0. The molecule has 2 nitrogen and oxygen atoms in total. The van der Waals surface area contributed by atoms with Gasteiger partial charge in [-0.1, -0.05) is 42.5 Å². The molecule has 0 saturated carbocycles. The number of benzene rings is 1. The van der Waals surface area contributed by atoms with Gasteiger partial charge in [-0.2, -0.15) is 0 Å². The molecule has 1 saturated heterocycles. The lowest BCUT2D eigenvalue weighted by molar-refractivity contribution is 0.315. The summed E-state index contributed by atoms with van der Waals surface area (Å²) in [4.78, 5) is 2.58. The number of rotatable bonds is 5. The number of allylic oxidation sites excluding steroid dienone is 2. The van der Waals surface area contributed by atoms with Gasteiger partial charge in [-0.15, -0.1) is 0 Å². The molecule has 0 aromatic heterocycles. The van der Waals surface area contributed by atoms with E-state index in [-0.39, 0.29) is 0 Å². The Hall–Kier alpha value is -1.12. The molecule has 1 fully saturated rings. The number of hydrogen-bond acceptors (Lipinski definition) is 2. The van der Waals surface area contributed by atoms with E-state index in [4.69, 9.17) is 0 Å². The zero-order valence-electron chi connectivity index (χ0n) is 12.3. The predicted octanol–water partition coefficient (Wildman–Crippen LogP) is 3.21. The van der Waals surface area contributed by atoms with Crippen LogP contribution in [0.4, 0.5) is 0 Å². The highest BCUT2D eigenvalue weighted by Crippen LogP contribution is 2.18. The first kappa shape index (κ1) is 13.8. The second kappa shape index (κ2) is 7.05. The zero-order chi connectivity index (χ0) is 13.6. The molecule has 1 N–H and O–H groups in total. The number of hydrogen-bond donors (Lipinski definition) is 1. The molecule has 1 aromatic carbocycles. The first-order valence-electron chi connectivity index (χ1n) is 8.05. The topological polar surface area (TPSA) is 15.3 Å². The summed E-state index contributed by atoms with van der Waals surface area (Å²) in [7, 11) is 0. The lowest BCUT2D eigenvalue weighted by Gasteiger charge is -2.21. The minimum atomic E-state index is 0.699. The fourth-order valence-electron chi connectivity index (χ4n) is 3.36. The lowest BCUT2D eigenvalue weighted by Crippen LogP contribution is -2.35. The maximum atomic E-state index is 3.79. The number of nitrogens with zero attached hydrogens (tertiary/aromatic N) is 1. The van der Waals surface area contributed by atoms with Crippen LogP contribution in [0.15, 0.2) is 42.5 Å². The van der Waals surface area contributed by atoms with Crippen molar-refractivity contribution in [3.63, 3.8) is 0 Å². The molecule has 1 aliphatic heterocycles. The number of nitrogens with one attached hydrogen (secondary N) is 1. The highest BCUT2D eigenvalue weighted by Gasteiger charge is 2.22. The Bertz CT molecular complexity index is 426. The van der Waals surface area contributed by atoms with Gasteiger partial charge >= 0.3 is 0 Å². The van der Waals surface area contributed by atoms with Gasteiger partial charge < -0.3 is 5.32 Å². The van der Waals surface area contributed by atoms with Crippen molar-refractivity contribution in [1.29, 1.82) is 0 Å². The van der Waals surface area contributed by atoms with Crippen molar-refractivity contribution in [2.45, 2.75) is 38.3 Å². The summed E-state index contributed by atoms with van der Waals surface area (Å²) in [6, 6.07) is 11.5. The molecule has 0 bridgehead atoms. The molecule has 2 unspecified atom stereocenters. The van der Waals surface area contributed by atoms with E-state index < -0.39 is 0 Å². The molecule has 0 radical (unpaired) electrons. The maximum absolute atomic E-state index is 3.79. The minimum Gasteiger partial charge on any atom is -0.312 e. The molecule has 2 aliphatic rings. The first-order valence-corrected chi connectivity index (χ1v) is 8.05. The Kier molecular flexibility index (Phi) is 4.88. The third-order valence-electron chi connectivity index (χ3n) is 4.59. The molecule has 1 aromatic rings. The van der Waals surface area contributed by atoms with Crippen LogP contribution in [0.5, 0.6) is 0 Å². The molecular formula is C18H26N2. The van der Waals surface area contributed by atoms with E-state index >= 15 is 0 Å². The van der Waals surface area contributed by atoms with Gasteiger partial charge in [0.1, 0.15) is 0 Å². The molecule has 0 spiro atoms. The summed E-state index contributed by atoms with van der Waals surface area (Å²) in [6.45, 7) is 4.74. The lowest BCUT2D eigenvalue weighted by atomic mass is 9.94. The van der Waals surface area contributed by atoms with Gasteiger partial charge in [0.2, 0.25) is 0 Å². The van der Waals surface area contributed by atoms with Crippen LogP contribution in [0.2, 0.25) is 0 Å². The van der Waals surface area contributed by atoms with Crippen LogP contribution in [-0.2, 0) is 6.54 Å². The fraction of sp³-hybridized carbons (Fsp3) is 0.556. The Morgan fingerprint density at radius 1 is 1.10 bits per heavy atom. The molecule has 0 amide bonds. The summed E-state index contributed by atoms with van der Waals surface area (Å²) in [6.07, 6.45) is 9.89. The Morgan fingerprint density at radius 3 is 2.80 bits per heavy atom. The highest BCUT2D eigenvalue weighted by molar-refractivity contribution is 5.14. The van der Waals surface area contributed by atoms with Crippen molar-refractivity contribution in [1.82, 2.24) is 10.2 Å². The molecule has 3 rings (SSSR count). The Labute approximate surface area is 122 Å². The zero-order valence-corrected chi connectivity index (χ0v) is 12.3. The predicted molar refractivity (Wildman–Crippen MR) is 84.6 cm³/mol. The van der Waals surface area contributed by atoms with E-state index in [1.807, 2.05) is 0 Å². The van der Waals surface area contributed by atoms with Crippen LogP contribution in [0.25, 0.3) is 0 Å². The third-order valence-corrected chi connectivity index (χ3v) is 4.59. The fourth-order valence-corrected chi connectivity index (χ4v) is 3.36. The van der Waals surface area contributed by atoms with Crippen LogP contribution in [0.3, 0.4) is 0 Å². The van der Waals surface area contributed by atoms with Gasteiger partial charge in [0, 0.05) is 25.7 Å². The monoisotopic (exact) mass is 270 g/mol. The maximum Gasteiger partial charge on any atom is 0.0234 e. The summed E-state index contributed by atoms with van der Waals surface area (Å²) >= 11 is 0. The average Bonchev–Trinajstić information content (AvgIpc) is 2.95. The summed E-state index contributed by atoms with van der Waals surface area (Å²) < 4.78 is 0. The smallest absolute Gasteiger partial charge is 0.0234 e. The summed E-state index contributed by atoms with van der Waals surface area (Å²) in [5, 5.41) is 3.79. The Morgan fingerprint density at radius 2 is 2.00 bits per heavy atom. The van der Waals surface area contributed by atoms with Gasteiger partial charge in [0.15, 0.2) is 0 Å². The van der Waals surface area contributed by atoms with Gasteiger partial charge in [-0.05, 0) is 43.7 Å². The van der Waals surface area contributed by atoms with Crippen LogP contribution in [0.1, 0.15) is 31.2 Å². The molecule has 2 atom stereocenters. The molecule has 20 heavy (non-hydrogen) atoms. The molecule has 1 heterocycles. The van der Waals surface area contributed by atoms with Gasteiger partial charge in [0.25, 0.3) is 0 Å². The standard InChI is InChI=1S/C18H26N2/c1-3-7-16(8-4-1)13-19-18-11-12-20(15-18)14-17-9-5-2-6-10-17/h1-3,5-6,9-10,16,18-19H,4,7-8,11-15H2. The minimum absolute atomic E-state index is 0.699.